The van der Waals surface area contributed by atoms with Gasteiger partial charge in [-0.25, -0.2) is 9.79 Å². The second kappa shape index (κ2) is 8.37. The largest absolute Gasteiger partial charge is 0.493 e. The van der Waals surface area contributed by atoms with Gasteiger partial charge in [0.2, 0.25) is 0 Å². The molecule has 144 valence electrons. The predicted octanol–water partition coefficient (Wildman–Crippen LogP) is 3.95. The normalized spacial score (nSPS) is 16.3. The Morgan fingerprint density at radius 3 is 2.61 bits per heavy atom. The number of ether oxygens (including phenoxy) is 2. The maximum atomic E-state index is 12.3. The van der Waals surface area contributed by atoms with Crippen LogP contribution >= 0.6 is 23.4 Å². The van der Waals surface area contributed by atoms with E-state index in [-0.39, 0.29) is 23.0 Å². The Bertz CT molecular complexity index is 1020. The quantitative estimate of drug-likeness (QED) is 0.713. The van der Waals surface area contributed by atoms with Crippen molar-refractivity contribution in [1.29, 1.82) is 0 Å². The average Bonchev–Trinajstić information content (AvgIpc) is 3.01. The van der Waals surface area contributed by atoms with Crippen molar-refractivity contribution in [2.75, 3.05) is 14.2 Å². The first-order chi connectivity index (χ1) is 13.4. The minimum atomic E-state index is -1.20. The maximum Gasteiger partial charge on any atom is 0.340 e. The molecule has 1 fully saturated rings. The van der Waals surface area contributed by atoms with Crippen LogP contribution in [0.1, 0.15) is 15.9 Å². The summed E-state index contributed by atoms with van der Waals surface area (Å²) in [5.41, 5.74) is 0.728. The standard InChI is InChI=1S/C19H15ClN2O5S/c1-26-13-8-7-10(15(18(24)25)16(13)27-2)9-14-17(23)22-19(28-14)21-12-6-4-3-5-11(12)20/h3-9H,1-2H3,(H,24,25)(H,21,22,23)/b14-9+. The number of amides is 1. The maximum absolute atomic E-state index is 12.3. The van der Waals surface area contributed by atoms with Gasteiger partial charge in [-0.15, -0.1) is 0 Å². The van der Waals surface area contributed by atoms with Crippen molar-refractivity contribution in [3.8, 4) is 11.5 Å². The lowest BCUT2D eigenvalue weighted by Crippen LogP contribution is -2.19. The van der Waals surface area contributed by atoms with E-state index in [1.165, 1.54) is 20.3 Å². The summed E-state index contributed by atoms with van der Waals surface area (Å²) in [5.74, 6) is -1.22. The Labute approximate surface area is 170 Å². The fraction of sp³-hybridized carbons (Fsp3) is 0.105. The third-order valence-electron chi connectivity index (χ3n) is 3.80. The van der Waals surface area contributed by atoms with Gasteiger partial charge in [0.1, 0.15) is 5.56 Å². The van der Waals surface area contributed by atoms with Crippen molar-refractivity contribution in [3.05, 3.63) is 57.5 Å². The molecule has 2 N–H and O–H groups in total. The Balaban J connectivity index is 1.99. The van der Waals surface area contributed by atoms with Crippen molar-refractivity contribution in [2.45, 2.75) is 0 Å². The van der Waals surface area contributed by atoms with Crippen molar-refractivity contribution in [2.24, 2.45) is 4.99 Å². The second-order valence-electron chi connectivity index (χ2n) is 5.50. The molecule has 0 radical (unpaired) electrons. The van der Waals surface area contributed by atoms with E-state index in [1.807, 2.05) is 0 Å². The summed E-state index contributed by atoms with van der Waals surface area (Å²) >= 11 is 7.18. The molecular weight excluding hydrogens is 404 g/mol. The van der Waals surface area contributed by atoms with Crippen LogP contribution in [0.3, 0.4) is 0 Å². The van der Waals surface area contributed by atoms with Crippen LogP contribution in [0.2, 0.25) is 5.02 Å². The molecule has 3 rings (SSSR count). The Morgan fingerprint density at radius 1 is 1.21 bits per heavy atom. The number of aromatic carboxylic acids is 1. The van der Waals surface area contributed by atoms with Gasteiger partial charge in [-0.05, 0) is 41.6 Å². The Morgan fingerprint density at radius 2 is 1.96 bits per heavy atom. The van der Waals surface area contributed by atoms with Gasteiger partial charge < -0.3 is 19.9 Å². The molecule has 1 saturated heterocycles. The number of hydrogen-bond acceptors (Lipinski definition) is 6. The van der Waals surface area contributed by atoms with Crippen molar-refractivity contribution < 1.29 is 24.2 Å². The fourth-order valence-electron chi connectivity index (χ4n) is 2.56. The molecule has 28 heavy (non-hydrogen) atoms. The summed E-state index contributed by atoms with van der Waals surface area (Å²) in [7, 11) is 2.77. The predicted molar refractivity (Wildman–Crippen MR) is 109 cm³/mol. The van der Waals surface area contributed by atoms with Gasteiger partial charge in [-0.3, -0.25) is 4.79 Å². The summed E-state index contributed by atoms with van der Waals surface area (Å²) < 4.78 is 10.3. The van der Waals surface area contributed by atoms with Crippen LogP contribution in [0.5, 0.6) is 11.5 Å². The lowest BCUT2D eigenvalue weighted by atomic mass is 10.0. The van der Waals surface area contributed by atoms with E-state index < -0.39 is 5.97 Å². The zero-order valence-corrected chi connectivity index (χ0v) is 16.4. The molecule has 1 heterocycles. The third-order valence-corrected chi connectivity index (χ3v) is 5.03. The molecule has 0 bridgehead atoms. The van der Waals surface area contributed by atoms with E-state index in [0.717, 1.165) is 11.8 Å². The first-order valence-corrected chi connectivity index (χ1v) is 9.16. The number of para-hydroxylation sites is 1. The molecule has 0 aromatic heterocycles. The van der Waals surface area contributed by atoms with E-state index in [1.54, 1.807) is 36.4 Å². The SMILES string of the molecule is COc1ccc(/C=C2/SC(=Nc3ccccc3Cl)NC2=O)c(C(=O)O)c1OC. The number of aliphatic imine (C=N–C) groups is 1. The number of nitrogens with one attached hydrogen (secondary N) is 1. The van der Waals surface area contributed by atoms with Crippen LogP contribution in [0.4, 0.5) is 5.69 Å². The van der Waals surface area contributed by atoms with E-state index in [2.05, 4.69) is 10.3 Å². The minimum absolute atomic E-state index is 0.0812. The van der Waals surface area contributed by atoms with Gasteiger partial charge >= 0.3 is 5.97 Å². The van der Waals surface area contributed by atoms with Gasteiger partial charge in [0.25, 0.3) is 5.91 Å². The summed E-state index contributed by atoms with van der Waals surface area (Å²) in [5, 5.41) is 13.1. The van der Waals surface area contributed by atoms with Crippen molar-refractivity contribution >= 4 is 52.2 Å². The van der Waals surface area contributed by atoms with Crippen LogP contribution in [0.15, 0.2) is 46.3 Å². The molecule has 1 aliphatic heterocycles. The molecule has 2 aromatic rings. The number of carboxylic acid groups (broad SMARTS) is 1. The topological polar surface area (TPSA) is 97.2 Å². The number of thioether (sulfide) groups is 1. The molecular formula is C19H15ClN2O5S. The Hall–Kier alpha value is -2.97. The third kappa shape index (κ3) is 3.97. The lowest BCUT2D eigenvalue weighted by Gasteiger charge is -2.12. The molecule has 0 unspecified atom stereocenters. The number of halogens is 1. The molecule has 0 saturated carbocycles. The van der Waals surface area contributed by atoms with Gasteiger partial charge in [0.15, 0.2) is 16.7 Å². The number of nitrogens with zero attached hydrogens (tertiary/aromatic N) is 1. The lowest BCUT2D eigenvalue weighted by molar-refractivity contribution is -0.115. The number of rotatable bonds is 5. The van der Waals surface area contributed by atoms with E-state index in [9.17, 15) is 14.7 Å². The highest BCUT2D eigenvalue weighted by Crippen LogP contribution is 2.36. The zero-order valence-electron chi connectivity index (χ0n) is 14.9. The van der Waals surface area contributed by atoms with Gasteiger partial charge in [-0.2, -0.15) is 0 Å². The highest BCUT2D eigenvalue weighted by Gasteiger charge is 2.26. The second-order valence-corrected chi connectivity index (χ2v) is 6.94. The summed E-state index contributed by atoms with van der Waals surface area (Å²) in [6.07, 6.45) is 1.47. The number of carbonyl (C=O) groups excluding carboxylic acids is 1. The van der Waals surface area contributed by atoms with E-state index in [0.29, 0.717) is 26.3 Å². The van der Waals surface area contributed by atoms with Gasteiger partial charge in [0.05, 0.1) is 29.8 Å². The van der Waals surface area contributed by atoms with Crippen LogP contribution in [0.25, 0.3) is 6.08 Å². The smallest absolute Gasteiger partial charge is 0.340 e. The van der Waals surface area contributed by atoms with Crippen LogP contribution in [-0.2, 0) is 4.79 Å². The van der Waals surface area contributed by atoms with Crippen molar-refractivity contribution in [3.63, 3.8) is 0 Å². The fourth-order valence-corrected chi connectivity index (χ4v) is 3.56. The highest BCUT2D eigenvalue weighted by molar-refractivity contribution is 8.18. The summed E-state index contributed by atoms with van der Waals surface area (Å²) in [6, 6.07) is 10.1. The van der Waals surface area contributed by atoms with Gasteiger partial charge in [0, 0.05) is 0 Å². The molecule has 0 aliphatic carbocycles. The van der Waals surface area contributed by atoms with Crippen LogP contribution < -0.4 is 14.8 Å². The van der Waals surface area contributed by atoms with Crippen molar-refractivity contribution in [1.82, 2.24) is 5.32 Å². The first-order valence-electron chi connectivity index (χ1n) is 7.97. The minimum Gasteiger partial charge on any atom is -0.493 e. The molecule has 1 amide bonds. The number of methoxy groups -OCH3 is 2. The average molecular weight is 419 g/mol. The van der Waals surface area contributed by atoms with E-state index in [4.69, 9.17) is 21.1 Å². The van der Waals surface area contributed by atoms with Gasteiger partial charge in [-0.1, -0.05) is 29.8 Å². The number of hydrogen-bond donors (Lipinski definition) is 2. The number of benzene rings is 2. The first kappa shape index (κ1) is 19.8. The zero-order chi connectivity index (χ0) is 20.3. The molecule has 7 nitrogen and oxygen atoms in total. The van der Waals surface area contributed by atoms with Crippen LogP contribution in [0, 0.1) is 0 Å². The molecule has 9 heteroatoms. The summed E-state index contributed by atoms with van der Waals surface area (Å²) in [4.78, 5) is 28.7. The molecule has 2 aromatic carbocycles. The van der Waals surface area contributed by atoms with Crippen LogP contribution in [-0.4, -0.2) is 36.4 Å². The highest BCUT2D eigenvalue weighted by atomic mass is 35.5. The van der Waals surface area contributed by atoms with E-state index >= 15 is 0 Å². The summed E-state index contributed by atoms with van der Waals surface area (Å²) in [6.45, 7) is 0. The number of carbonyl (C=O) groups is 2. The number of carboxylic acids is 1. The molecule has 0 atom stereocenters. The molecule has 0 spiro atoms. The Kier molecular flexibility index (Phi) is 5.91. The monoisotopic (exact) mass is 418 g/mol. The number of amidine groups is 1. The molecule has 1 aliphatic rings.